The minimum atomic E-state index is -4.63. The predicted molar refractivity (Wildman–Crippen MR) is 284 cm³/mol. The Bertz CT molecular complexity index is 3020. The van der Waals surface area contributed by atoms with Crippen LogP contribution in [-0.2, 0) is 19.5 Å². The molecule has 2 aromatic heterocycles. The van der Waals surface area contributed by atoms with E-state index in [4.69, 9.17) is 19.2 Å². The highest BCUT2D eigenvalue weighted by molar-refractivity contribution is 7.90. The molecule has 74 heavy (non-hydrogen) atoms. The van der Waals surface area contributed by atoms with E-state index in [0.29, 0.717) is 80.5 Å². The number of anilines is 4. The third kappa shape index (κ3) is 9.83. The summed E-state index contributed by atoms with van der Waals surface area (Å²) < 4.78 is 49.5. The zero-order valence-corrected chi connectivity index (χ0v) is 43.7. The maximum atomic E-state index is 14.8. The number of aromatic amines is 1. The zero-order valence-electron chi connectivity index (χ0n) is 42.9. The second-order valence-corrected chi connectivity index (χ2v) is 24.3. The number of ether oxygens (including phenoxy) is 3. The number of aromatic nitrogens is 2. The molecule has 4 aliphatic heterocycles. The molecule has 4 N–H and O–H groups in total. The van der Waals surface area contributed by atoms with Crippen molar-refractivity contribution in [1.29, 1.82) is 0 Å². The average molecular weight is 1030 g/mol. The number of pyridine rings is 1. The summed E-state index contributed by atoms with van der Waals surface area (Å²) in [4.78, 5) is 41.5. The highest BCUT2D eigenvalue weighted by Crippen LogP contribution is 2.55. The van der Waals surface area contributed by atoms with E-state index in [1.165, 1.54) is 23.3 Å². The van der Waals surface area contributed by atoms with Gasteiger partial charge in [0.05, 0.1) is 52.0 Å². The summed E-state index contributed by atoms with van der Waals surface area (Å²) in [6.45, 7) is 13.2. The Morgan fingerprint density at radius 3 is 2.54 bits per heavy atom. The molecular weight excluding hydrogens is 961 g/mol. The van der Waals surface area contributed by atoms with Crippen LogP contribution in [0.1, 0.15) is 125 Å². The number of nitrogens with one attached hydrogen (secondary N) is 3. The van der Waals surface area contributed by atoms with Crippen molar-refractivity contribution in [3.63, 3.8) is 0 Å². The molecule has 3 aromatic carbocycles. The molecule has 2 aliphatic carbocycles. The van der Waals surface area contributed by atoms with E-state index in [1.54, 1.807) is 6.07 Å². The van der Waals surface area contributed by atoms with Crippen molar-refractivity contribution in [2.45, 2.75) is 139 Å². The minimum absolute atomic E-state index is 0.113. The Morgan fingerprint density at radius 2 is 1.76 bits per heavy atom. The van der Waals surface area contributed by atoms with Gasteiger partial charge in [-0.15, -0.1) is 0 Å². The first-order valence-electron chi connectivity index (χ1n) is 26.7. The molecule has 0 bridgehead atoms. The smallest absolute Gasteiger partial charge is 0.293 e. The first-order chi connectivity index (χ1) is 35.6. The lowest BCUT2D eigenvalue weighted by molar-refractivity contribution is -0.384. The summed E-state index contributed by atoms with van der Waals surface area (Å²) in [6, 6.07) is 22.6. The molecule has 6 heterocycles. The predicted octanol–water partition coefficient (Wildman–Crippen LogP) is 9.36. The molecule has 5 fully saturated rings. The van der Waals surface area contributed by atoms with Gasteiger partial charge >= 0.3 is 0 Å². The largest absolute Gasteiger partial charge is 0.468 e. The average Bonchev–Trinajstić information content (AvgIpc) is 3.69. The van der Waals surface area contributed by atoms with Crippen LogP contribution >= 0.6 is 0 Å². The van der Waals surface area contributed by atoms with Crippen LogP contribution in [0.15, 0.2) is 83.9 Å². The van der Waals surface area contributed by atoms with E-state index in [2.05, 4.69) is 74.8 Å². The lowest BCUT2D eigenvalue weighted by atomic mass is 9.58. The summed E-state index contributed by atoms with van der Waals surface area (Å²) in [5.41, 5.74) is 4.84. The van der Waals surface area contributed by atoms with E-state index in [9.17, 15) is 28.4 Å². The first-order valence-corrected chi connectivity index (χ1v) is 28.2. The van der Waals surface area contributed by atoms with Gasteiger partial charge in [0.2, 0.25) is 5.88 Å². The van der Waals surface area contributed by atoms with E-state index >= 15 is 0 Å². The van der Waals surface area contributed by atoms with Crippen molar-refractivity contribution in [1.82, 2.24) is 19.6 Å². The van der Waals surface area contributed by atoms with Crippen molar-refractivity contribution in [3.05, 3.63) is 106 Å². The molecule has 11 rings (SSSR count). The number of hydrogen-bond donors (Lipinski definition) is 4. The molecule has 0 radical (unpaired) electrons. The van der Waals surface area contributed by atoms with Crippen LogP contribution in [0.25, 0.3) is 11.0 Å². The minimum Gasteiger partial charge on any atom is -0.468 e. The van der Waals surface area contributed by atoms with Gasteiger partial charge in [-0.05, 0) is 149 Å². The van der Waals surface area contributed by atoms with Gasteiger partial charge in [0.15, 0.2) is 0 Å². The van der Waals surface area contributed by atoms with Crippen molar-refractivity contribution in [2.24, 2.45) is 11.3 Å². The first kappa shape index (κ1) is 50.4. The maximum absolute atomic E-state index is 14.8. The van der Waals surface area contributed by atoms with Crippen LogP contribution in [0.2, 0.25) is 0 Å². The molecule has 4 atom stereocenters. The Hall–Kier alpha value is -5.79. The Kier molecular flexibility index (Phi) is 13.7. The van der Waals surface area contributed by atoms with Gasteiger partial charge in [-0.3, -0.25) is 19.8 Å². The molecule has 17 nitrogen and oxygen atoms in total. The summed E-state index contributed by atoms with van der Waals surface area (Å²) in [5.74, 6) is 0.105. The fourth-order valence-electron chi connectivity index (χ4n) is 13.2. The van der Waals surface area contributed by atoms with E-state index in [1.807, 2.05) is 37.4 Å². The standard InChI is InChI=1S/C56H70N8O9S/c1-35(2)42-8-5-6-9-43(42)50-33-71-24-7-22-62(50)40-30-56(31-40)20-23-61(36(3)29-56)39-10-12-44(47(27-39)63-46-17-25-72-34-51(46)73-54-49(63)26-38-16-21-57-52(38)59-54)53(65)60-74(69,70)41-11-13-45(48(28-41)64(67)68)58-32-37-14-18-55(4,66)19-15-37/h5-6,8-13,16,21,26-28,35-37,40,46,50-51,58,66H,7,14-15,17-20,22-25,29-34H2,1-4H3,(H,57,59)(H,60,65)/t36-,37-,40?,46+,50+,51+,55-,56?/m1/s1. The van der Waals surface area contributed by atoms with Gasteiger partial charge in [0.1, 0.15) is 23.1 Å². The quantitative estimate of drug-likeness (QED) is 0.0679. The lowest BCUT2D eigenvalue weighted by Gasteiger charge is -2.58. The number of rotatable bonds is 12. The van der Waals surface area contributed by atoms with Gasteiger partial charge in [-0.2, -0.15) is 4.98 Å². The molecule has 18 heteroatoms. The summed E-state index contributed by atoms with van der Waals surface area (Å²) in [6.07, 6.45) is 10.1. The highest BCUT2D eigenvalue weighted by Gasteiger charge is 2.51. The number of piperidine rings is 1. The number of benzene rings is 3. The number of carbonyl (C=O) groups is 1. The van der Waals surface area contributed by atoms with Gasteiger partial charge < -0.3 is 39.4 Å². The fourth-order valence-corrected chi connectivity index (χ4v) is 14.2. The number of aliphatic hydroxyl groups is 1. The van der Waals surface area contributed by atoms with Crippen molar-refractivity contribution >= 4 is 55.4 Å². The van der Waals surface area contributed by atoms with E-state index in [-0.39, 0.29) is 40.7 Å². The van der Waals surface area contributed by atoms with E-state index < -0.39 is 43.1 Å². The second kappa shape index (κ2) is 20.1. The normalized spacial score (nSPS) is 28.5. The van der Waals surface area contributed by atoms with Crippen LogP contribution in [-0.4, -0.2) is 115 Å². The number of nitrogens with zero attached hydrogens (tertiary/aromatic N) is 5. The second-order valence-electron chi connectivity index (χ2n) is 22.6. The highest BCUT2D eigenvalue weighted by atomic mass is 32.2. The number of H-pyrrole nitrogens is 1. The van der Waals surface area contributed by atoms with Gasteiger partial charge in [-0.25, -0.2) is 13.1 Å². The zero-order chi connectivity index (χ0) is 51.5. The topological polar surface area (TPSA) is 205 Å². The third-order valence-corrected chi connectivity index (χ3v) is 18.5. The van der Waals surface area contributed by atoms with Crippen molar-refractivity contribution in [3.8, 4) is 5.88 Å². The molecule has 3 saturated heterocycles. The molecule has 394 valence electrons. The number of fused-ring (bicyclic) bond motifs is 3. The Morgan fingerprint density at radius 1 is 0.959 bits per heavy atom. The third-order valence-electron chi connectivity index (χ3n) is 17.2. The monoisotopic (exact) mass is 1030 g/mol. The number of carbonyl (C=O) groups excluding carboxylic acids is 1. The summed E-state index contributed by atoms with van der Waals surface area (Å²) >= 11 is 0. The number of nitro groups is 1. The number of amides is 1. The molecule has 5 aromatic rings. The molecule has 2 saturated carbocycles. The van der Waals surface area contributed by atoms with Gasteiger partial charge in [-0.1, -0.05) is 38.1 Å². The van der Waals surface area contributed by atoms with Crippen molar-refractivity contribution < 1.29 is 37.5 Å². The van der Waals surface area contributed by atoms with Crippen LogP contribution in [0.5, 0.6) is 5.88 Å². The number of sulfonamides is 1. The molecule has 1 amide bonds. The van der Waals surface area contributed by atoms with Crippen LogP contribution in [0.4, 0.5) is 28.4 Å². The SMILES string of the molecule is CC(C)c1ccccc1[C@@H]1COCCCN1C1CC2(CCN(c3ccc(C(=O)NS(=O)(=O)c4ccc(NC[C@H]5CC[C@](C)(O)CC5)c([N+](=O)[O-])c4)c(N4c5cc6cc[nH]c6nc5O[C@H]5COCC[C@@H]54)c3)[C@H](C)C2)C1. The molecular formula is C56H70N8O9S. The number of hydrogen-bond acceptors (Lipinski definition) is 14. The van der Waals surface area contributed by atoms with E-state index in [0.717, 1.165) is 81.8 Å². The summed E-state index contributed by atoms with van der Waals surface area (Å²) in [7, 11) is -4.63. The summed E-state index contributed by atoms with van der Waals surface area (Å²) in [5, 5.41) is 26.8. The molecule has 6 aliphatic rings. The van der Waals surface area contributed by atoms with Crippen molar-refractivity contribution in [2.75, 3.05) is 61.2 Å². The number of nitro benzene ring substituents is 1. The fraction of sp³-hybridized carbons (Fsp3) is 0.536. The van der Waals surface area contributed by atoms with Gasteiger partial charge in [0.25, 0.3) is 21.6 Å². The van der Waals surface area contributed by atoms with Crippen LogP contribution < -0.4 is 24.6 Å². The molecule has 0 unspecified atom stereocenters. The maximum Gasteiger partial charge on any atom is 0.293 e. The van der Waals surface area contributed by atoms with Crippen LogP contribution in [0.3, 0.4) is 0 Å². The molecule has 1 spiro atoms. The Balaban J connectivity index is 0.878. The Labute approximate surface area is 433 Å². The van der Waals surface area contributed by atoms with Crippen LogP contribution in [0, 0.1) is 21.4 Å². The van der Waals surface area contributed by atoms with Gasteiger partial charge in [0, 0.05) is 68.3 Å². The lowest BCUT2D eigenvalue weighted by Crippen LogP contribution is -2.58.